The SMILES string of the molecule is Cc1ccc(/C=C2/C=C(c3ccc(C(C)C)cc3)OC2=O)cc1[N+](=O)[O-]. The molecule has 0 saturated heterocycles. The maximum atomic E-state index is 12.1. The summed E-state index contributed by atoms with van der Waals surface area (Å²) in [4.78, 5) is 22.8. The molecule has 5 heteroatoms. The van der Waals surface area contributed by atoms with Gasteiger partial charge >= 0.3 is 5.97 Å². The molecular weight excluding hydrogens is 330 g/mol. The first-order valence-corrected chi connectivity index (χ1v) is 8.36. The van der Waals surface area contributed by atoms with Gasteiger partial charge in [0.2, 0.25) is 0 Å². The van der Waals surface area contributed by atoms with E-state index >= 15 is 0 Å². The van der Waals surface area contributed by atoms with Crippen molar-refractivity contribution in [3.05, 3.63) is 86.5 Å². The molecule has 132 valence electrons. The summed E-state index contributed by atoms with van der Waals surface area (Å²) in [5.74, 6) is 0.450. The Morgan fingerprint density at radius 1 is 1.12 bits per heavy atom. The molecule has 1 heterocycles. The number of carbonyl (C=O) groups excluding carboxylic acids is 1. The average Bonchev–Trinajstić information content (AvgIpc) is 2.97. The van der Waals surface area contributed by atoms with Crippen molar-refractivity contribution in [2.75, 3.05) is 0 Å². The van der Waals surface area contributed by atoms with Gasteiger partial charge in [-0.3, -0.25) is 10.1 Å². The van der Waals surface area contributed by atoms with Crippen molar-refractivity contribution in [3.63, 3.8) is 0 Å². The highest BCUT2D eigenvalue weighted by Crippen LogP contribution is 2.29. The van der Waals surface area contributed by atoms with Crippen LogP contribution in [0.5, 0.6) is 0 Å². The number of rotatable bonds is 4. The molecule has 0 N–H and O–H groups in total. The Labute approximate surface area is 151 Å². The fourth-order valence-electron chi connectivity index (χ4n) is 2.76. The average molecular weight is 349 g/mol. The van der Waals surface area contributed by atoms with Crippen LogP contribution in [0.4, 0.5) is 5.69 Å². The minimum absolute atomic E-state index is 0.0270. The number of esters is 1. The molecular formula is C21H19NO4. The van der Waals surface area contributed by atoms with Crippen LogP contribution in [0.3, 0.4) is 0 Å². The lowest BCUT2D eigenvalue weighted by molar-refractivity contribution is -0.385. The van der Waals surface area contributed by atoms with Gasteiger partial charge in [-0.15, -0.1) is 0 Å². The first-order valence-electron chi connectivity index (χ1n) is 8.36. The summed E-state index contributed by atoms with van der Waals surface area (Å²) < 4.78 is 5.35. The van der Waals surface area contributed by atoms with Crippen LogP contribution in [0.25, 0.3) is 11.8 Å². The highest BCUT2D eigenvalue weighted by molar-refractivity contribution is 6.05. The van der Waals surface area contributed by atoms with Gasteiger partial charge in [0.25, 0.3) is 5.69 Å². The van der Waals surface area contributed by atoms with Crippen molar-refractivity contribution >= 4 is 23.5 Å². The lowest BCUT2D eigenvalue weighted by Gasteiger charge is -2.06. The van der Waals surface area contributed by atoms with E-state index in [-0.39, 0.29) is 5.69 Å². The van der Waals surface area contributed by atoms with Gasteiger partial charge in [0.05, 0.1) is 10.5 Å². The number of carbonyl (C=O) groups is 1. The normalized spacial score (nSPS) is 15.3. The van der Waals surface area contributed by atoms with E-state index in [1.165, 1.54) is 11.6 Å². The Balaban J connectivity index is 1.91. The molecule has 0 spiro atoms. The maximum Gasteiger partial charge on any atom is 0.343 e. The van der Waals surface area contributed by atoms with Gasteiger partial charge in [0, 0.05) is 17.2 Å². The minimum Gasteiger partial charge on any atom is -0.422 e. The molecule has 0 bridgehead atoms. The van der Waals surface area contributed by atoms with Gasteiger partial charge in [-0.25, -0.2) is 4.79 Å². The van der Waals surface area contributed by atoms with Crippen LogP contribution in [0.1, 0.15) is 42.0 Å². The molecule has 0 aromatic heterocycles. The largest absolute Gasteiger partial charge is 0.422 e. The van der Waals surface area contributed by atoms with Crippen molar-refractivity contribution in [1.29, 1.82) is 0 Å². The molecule has 5 nitrogen and oxygen atoms in total. The Hall–Kier alpha value is -3.21. The number of benzene rings is 2. The van der Waals surface area contributed by atoms with Crippen molar-refractivity contribution in [2.45, 2.75) is 26.7 Å². The summed E-state index contributed by atoms with van der Waals surface area (Å²) in [6, 6.07) is 12.7. The fraction of sp³-hybridized carbons (Fsp3) is 0.190. The monoisotopic (exact) mass is 349 g/mol. The lowest BCUT2D eigenvalue weighted by atomic mass is 10.0. The highest BCUT2D eigenvalue weighted by atomic mass is 16.6. The smallest absolute Gasteiger partial charge is 0.343 e. The van der Waals surface area contributed by atoms with Crippen molar-refractivity contribution in [3.8, 4) is 0 Å². The number of aryl methyl sites for hydroxylation is 1. The topological polar surface area (TPSA) is 69.4 Å². The van der Waals surface area contributed by atoms with Gasteiger partial charge in [-0.2, -0.15) is 0 Å². The molecule has 0 unspecified atom stereocenters. The third kappa shape index (κ3) is 3.57. The van der Waals surface area contributed by atoms with Crippen LogP contribution in [0.2, 0.25) is 0 Å². The van der Waals surface area contributed by atoms with Crippen LogP contribution in [0, 0.1) is 17.0 Å². The fourth-order valence-corrected chi connectivity index (χ4v) is 2.76. The van der Waals surface area contributed by atoms with Crippen molar-refractivity contribution in [2.24, 2.45) is 0 Å². The van der Waals surface area contributed by atoms with E-state index in [0.717, 1.165) is 5.56 Å². The van der Waals surface area contributed by atoms with E-state index in [9.17, 15) is 14.9 Å². The zero-order valence-electron chi connectivity index (χ0n) is 14.9. The second kappa shape index (κ2) is 6.96. The summed E-state index contributed by atoms with van der Waals surface area (Å²) in [6.07, 6.45) is 3.27. The third-order valence-corrected chi connectivity index (χ3v) is 4.34. The Morgan fingerprint density at radius 2 is 1.81 bits per heavy atom. The Morgan fingerprint density at radius 3 is 2.42 bits per heavy atom. The highest BCUT2D eigenvalue weighted by Gasteiger charge is 2.22. The van der Waals surface area contributed by atoms with E-state index in [1.54, 1.807) is 31.2 Å². The number of nitro benzene ring substituents is 1. The molecule has 0 aliphatic carbocycles. The molecule has 1 aliphatic rings. The number of hydrogen-bond donors (Lipinski definition) is 0. The zero-order chi connectivity index (χ0) is 18.8. The van der Waals surface area contributed by atoms with Gasteiger partial charge in [0.1, 0.15) is 5.76 Å². The number of cyclic esters (lactones) is 1. The van der Waals surface area contributed by atoms with Gasteiger partial charge < -0.3 is 4.74 Å². The number of nitro groups is 1. The van der Waals surface area contributed by atoms with Crippen LogP contribution >= 0.6 is 0 Å². The van der Waals surface area contributed by atoms with E-state index in [0.29, 0.717) is 28.4 Å². The van der Waals surface area contributed by atoms with Crippen LogP contribution in [-0.4, -0.2) is 10.9 Å². The standard InChI is InChI=1S/C21H19NO4/c1-13(2)16-6-8-17(9-7-16)20-12-18(21(23)26-20)10-15-5-4-14(3)19(11-15)22(24)25/h4-13H,1-3H3/b18-10-. The summed E-state index contributed by atoms with van der Waals surface area (Å²) in [5, 5.41) is 11.1. The van der Waals surface area contributed by atoms with Crippen LogP contribution in [-0.2, 0) is 9.53 Å². The summed E-state index contributed by atoms with van der Waals surface area (Å²) in [5.41, 5.74) is 3.59. The molecule has 0 amide bonds. The summed E-state index contributed by atoms with van der Waals surface area (Å²) >= 11 is 0. The minimum atomic E-state index is -0.462. The maximum absolute atomic E-state index is 12.1. The Bertz CT molecular complexity index is 937. The molecule has 0 radical (unpaired) electrons. The van der Waals surface area contributed by atoms with Gasteiger partial charge in [0.15, 0.2) is 0 Å². The number of ether oxygens (including phenoxy) is 1. The van der Waals surface area contributed by atoms with E-state index in [4.69, 9.17) is 4.74 Å². The molecule has 0 fully saturated rings. The number of hydrogen-bond acceptors (Lipinski definition) is 4. The van der Waals surface area contributed by atoms with Gasteiger partial charge in [-0.1, -0.05) is 50.2 Å². The second-order valence-corrected chi connectivity index (χ2v) is 6.58. The second-order valence-electron chi connectivity index (χ2n) is 6.58. The molecule has 2 aromatic carbocycles. The van der Waals surface area contributed by atoms with Crippen molar-refractivity contribution in [1.82, 2.24) is 0 Å². The Kier molecular flexibility index (Phi) is 4.71. The quantitative estimate of drug-likeness (QED) is 0.337. The first-order chi connectivity index (χ1) is 12.3. The van der Waals surface area contributed by atoms with E-state index in [1.807, 2.05) is 24.3 Å². The van der Waals surface area contributed by atoms with E-state index < -0.39 is 10.9 Å². The lowest BCUT2D eigenvalue weighted by Crippen LogP contribution is -1.98. The zero-order valence-corrected chi connectivity index (χ0v) is 14.9. The third-order valence-electron chi connectivity index (χ3n) is 4.34. The van der Waals surface area contributed by atoms with Gasteiger partial charge in [-0.05, 0) is 36.1 Å². The number of nitrogens with zero attached hydrogens (tertiary/aromatic N) is 1. The molecule has 1 aliphatic heterocycles. The predicted molar refractivity (Wildman–Crippen MR) is 100 cm³/mol. The molecule has 0 atom stereocenters. The van der Waals surface area contributed by atoms with Crippen LogP contribution < -0.4 is 0 Å². The summed E-state index contributed by atoms with van der Waals surface area (Å²) in [7, 11) is 0. The van der Waals surface area contributed by atoms with Crippen molar-refractivity contribution < 1.29 is 14.5 Å². The molecule has 2 aromatic rings. The molecule has 3 rings (SSSR count). The van der Waals surface area contributed by atoms with Crippen LogP contribution in [0.15, 0.2) is 54.1 Å². The predicted octanol–water partition coefficient (Wildman–Crippen LogP) is 5.01. The van der Waals surface area contributed by atoms with E-state index in [2.05, 4.69) is 13.8 Å². The molecule has 26 heavy (non-hydrogen) atoms. The summed E-state index contributed by atoms with van der Waals surface area (Å²) in [6.45, 7) is 5.91. The molecule has 0 saturated carbocycles. The first kappa shape index (κ1) is 17.6.